The lowest BCUT2D eigenvalue weighted by molar-refractivity contribution is -0.114. The van der Waals surface area contributed by atoms with E-state index >= 15 is 0 Å². The van der Waals surface area contributed by atoms with Crippen molar-refractivity contribution >= 4 is 17.5 Å². The molecule has 3 rings (SSSR count). The molecule has 0 radical (unpaired) electrons. The lowest BCUT2D eigenvalue weighted by atomic mass is 10.0. The van der Waals surface area contributed by atoms with Crippen molar-refractivity contribution in [3.05, 3.63) is 59.7 Å². The first kappa shape index (κ1) is 19.9. The van der Waals surface area contributed by atoms with Gasteiger partial charge in [-0.2, -0.15) is 0 Å². The van der Waals surface area contributed by atoms with Gasteiger partial charge in [0.2, 0.25) is 5.91 Å². The molecule has 0 aliphatic carbocycles. The Kier molecular flexibility index (Phi) is 6.66. The Labute approximate surface area is 165 Å². The first-order valence-corrected chi connectivity index (χ1v) is 9.60. The van der Waals surface area contributed by atoms with Crippen LogP contribution in [0.2, 0.25) is 0 Å². The van der Waals surface area contributed by atoms with Crippen molar-refractivity contribution < 1.29 is 14.3 Å². The number of amides is 2. The van der Waals surface area contributed by atoms with Crippen molar-refractivity contribution in [1.29, 1.82) is 0 Å². The summed E-state index contributed by atoms with van der Waals surface area (Å²) in [7, 11) is 1.66. The number of methoxy groups -OCH3 is 1. The van der Waals surface area contributed by atoms with Crippen LogP contribution in [0.1, 0.15) is 41.7 Å². The van der Waals surface area contributed by atoms with Crippen LogP contribution in [0, 0.1) is 0 Å². The SMILES string of the molecule is COc1ccc(C(CNC(=O)c2ccc(NC(C)=O)cc2)N2CCCC2)cc1. The second kappa shape index (κ2) is 9.37. The highest BCUT2D eigenvalue weighted by atomic mass is 16.5. The highest BCUT2D eigenvalue weighted by Gasteiger charge is 2.24. The molecule has 0 saturated carbocycles. The Morgan fingerprint density at radius 1 is 1.04 bits per heavy atom. The van der Waals surface area contributed by atoms with E-state index in [0.717, 1.165) is 18.8 Å². The van der Waals surface area contributed by atoms with E-state index < -0.39 is 0 Å². The molecule has 0 aromatic heterocycles. The maximum atomic E-state index is 12.6. The zero-order chi connectivity index (χ0) is 19.9. The first-order chi connectivity index (χ1) is 13.6. The van der Waals surface area contributed by atoms with Gasteiger partial charge in [-0.25, -0.2) is 0 Å². The van der Waals surface area contributed by atoms with Gasteiger partial charge in [0.05, 0.1) is 13.2 Å². The highest BCUT2D eigenvalue weighted by Crippen LogP contribution is 2.26. The van der Waals surface area contributed by atoms with E-state index in [1.54, 1.807) is 31.4 Å². The van der Waals surface area contributed by atoms with E-state index in [2.05, 4.69) is 27.7 Å². The average Bonchev–Trinajstić information content (AvgIpc) is 3.23. The molecule has 2 N–H and O–H groups in total. The van der Waals surface area contributed by atoms with Crippen molar-refractivity contribution in [3.8, 4) is 5.75 Å². The summed E-state index contributed by atoms with van der Waals surface area (Å²) in [5, 5.41) is 5.77. The molecule has 2 aromatic rings. The smallest absolute Gasteiger partial charge is 0.251 e. The van der Waals surface area contributed by atoms with E-state index in [4.69, 9.17) is 4.74 Å². The number of hydrogen-bond acceptors (Lipinski definition) is 4. The second-order valence-corrected chi connectivity index (χ2v) is 7.00. The topological polar surface area (TPSA) is 70.7 Å². The number of carbonyl (C=O) groups is 2. The highest BCUT2D eigenvalue weighted by molar-refractivity contribution is 5.95. The number of carbonyl (C=O) groups excluding carboxylic acids is 2. The van der Waals surface area contributed by atoms with Crippen LogP contribution in [0.3, 0.4) is 0 Å². The molecular weight excluding hydrogens is 354 g/mol. The molecule has 2 amide bonds. The van der Waals surface area contributed by atoms with Gasteiger partial charge in [0.15, 0.2) is 0 Å². The average molecular weight is 381 g/mol. The maximum Gasteiger partial charge on any atom is 0.251 e. The summed E-state index contributed by atoms with van der Waals surface area (Å²) in [5.74, 6) is 0.574. The summed E-state index contributed by atoms with van der Waals surface area (Å²) in [6.45, 7) is 4.08. The molecule has 6 nitrogen and oxygen atoms in total. The van der Waals surface area contributed by atoms with E-state index in [0.29, 0.717) is 17.8 Å². The van der Waals surface area contributed by atoms with Crippen LogP contribution in [0.25, 0.3) is 0 Å². The van der Waals surface area contributed by atoms with Crippen LogP contribution in [-0.4, -0.2) is 43.5 Å². The molecule has 1 saturated heterocycles. The Morgan fingerprint density at radius 2 is 1.68 bits per heavy atom. The van der Waals surface area contributed by atoms with Crippen LogP contribution in [-0.2, 0) is 4.79 Å². The fraction of sp³-hybridized carbons (Fsp3) is 0.364. The molecule has 1 aliphatic rings. The van der Waals surface area contributed by atoms with Gasteiger partial charge in [-0.3, -0.25) is 14.5 Å². The summed E-state index contributed by atoms with van der Waals surface area (Å²) in [6, 6.07) is 15.1. The Morgan fingerprint density at radius 3 is 2.25 bits per heavy atom. The predicted molar refractivity (Wildman–Crippen MR) is 110 cm³/mol. The molecule has 0 spiro atoms. The van der Waals surface area contributed by atoms with Crippen LogP contribution < -0.4 is 15.4 Å². The largest absolute Gasteiger partial charge is 0.497 e. The number of likely N-dealkylation sites (tertiary alicyclic amines) is 1. The van der Waals surface area contributed by atoms with E-state index in [-0.39, 0.29) is 17.9 Å². The van der Waals surface area contributed by atoms with Crippen molar-refractivity contribution in [2.45, 2.75) is 25.8 Å². The van der Waals surface area contributed by atoms with E-state index in [1.807, 2.05) is 12.1 Å². The number of nitrogens with zero attached hydrogens (tertiary/aromatic N) is 1. The van der Waals surface area contributed by atoms with Gasteiger partial charge in [-0.1, -0.05) is 12.1 Å². The Hall–Kier alpha value is -2.86. The Bertz CT molecular complexity index is 797. The lowest BCUT2D eigenvalue weighted by Gasteiger charge is -2.28. The third-order valence-corrected chi connectivity index (χ3v) is 5.01. The molecule has 1 unspecified atom stereocenters. The number of hydrogen-bond donors (Lipinski definition) is 2. The predicted octanol–water partition coefficient (Wildman–Crippen LogP) is 3.22. The van der Waals surface area contributed by atoms with Crippen molar-refractivity contribution in [2.75, 3.05) is 32.1 Å². The molecule has 0 bridgehead atoms. The van der Waals surface area contributed by atoms with Gasteiger partial charge in [0, 0.05) is 24.7 Å². The molecular formula is C22H27N3O3. The van der Waals surface area contributed by atoms with Crippen LogP contribution >= 0.6 is 0 Å². The summed E-state index contributed by atoms with van der Waals surface area (Å²) < 4.78 is 5.25. The molecule has 1 atom stereocenters. The van der Waals surface area contributed by atoms with Gasteiger partial charge in [0.1, 0.15) is 5.75 Å². The normalized spacial score (nSPS) is 15.1. The van der Waals surface area contributed by atoms with Crippen molar-refractivity contribution in [2.24, 2.45) is 0 Å². The molecule has 28 heavy (non-hydrogen) atoms. The molecule has 1 fully saturated rings. The molecule has 1 aliphatic heterocycles. The zero-order valence-electron chi connectivity index (χ0n) is 16.4. The molecule has 1 heterocycles. The van der Waals surface area contributed by atoms with Gasteiger partial charge in [0.25, 0.3) is 5.91 Å². The fourth-order valence-corrected chi connectivity index (χ4v) is 3.54. The van der Waals surface area contributed by atoms with Crippen LogP contribution in [0.4, 0.5) is 5.69 Å². The minimum absolute atomic E-state index is 0.118. The van der Waals surface area contributed by atoms with E-state index in [1.165, 1.54) is 25.3 Å². The standard InChI is InChI=1S/C22H27N3O3/c1-16(26)24-19-9-5-18(6-10-19)22(27)23-15-21(25-13-3-4-14-25)17-7-11-20(28-2)12-8-17/h5-12,21H,3-4,13-15H2,1-2H3,(H,23,27)(H,24,26). The van der Waals surface area contributed by atoms with Crippen molar-refractivity contribution in [1.82, 2.24) is 10.2 Å². The van der Waals surface area contributed by atoms with Crippen LogP contribution in [0.5, 0.6) is 5.75 Å². The number of anilines is 1. The summed E-state index contributed by atoms with van der Waals surface area (Å²) >= 11 is 0. The van der Waals surface area contributed by atoms with Crippen molar-refractivity contribution in [3.63, 3.8) is 0 Å². The van der Waals surface area contributed by atoms with Crippen LogP contribution in [0.15, 0.2) is 48.5 Å². The summed E-state index contributed by atoms with van der Waals surface area (Å²) in [5.41, 5.74) is 2.42. The minimum atomic E-state index is -0.134. The number of benzene rings is 2. The molecule has 6 heteroatoms. The number of nitrogens with one attached hydrogen (secondary N) is 2. The van der Waals surface area contributed by atoms with E-state index in [9.17, 15) is 9.59 Å². The molecule has 148 valence electrons. The third kappa shape index (κ3) is 5.10. The first-order valence-electron chi connectivity index (χ1n) is 9.60. The Balaban J connectivity index is 1.66. The quantitative estimate of drug-likeness (QED) is 0.773. The number of rotatable bonds is 7. The zero-order valence-corrected chi connectivity index (χ0v) is 16.4. The summed E-state index contributed by atoms with van der Waals surface area (Å²) in [4.78, 5) is 26.1. The van der Waals surface area contributed by atoms with Gasteiger partial charge < -0.3 is 15.4 Å². The third-order valence-electron chi connectivity index (χ3n) is 5.01. The fourth-order valence-electron chi connectivity index (χ4n) is 3.54. The van der Waals surface area contributed by atoms with Gasteiger partial charge >= 0.3 is 0 Å². The molecule has 2 aromatic carbocycles. The summed E-state index contributed by atoms with van der Waals surface area (Å²) in [6.07, 6.45) is 2.37. The monoisotopic (exact) mass is 381 g/mol. The lowest BCUT2D eigenvalue weighted by Crippen LogP contribution is -2.36. The van der Waals surface area contributed by atoms with Gasteiger partial charge in [-0.15, -0.1) is 0 Å². The second-order valence-electron chi connectivity index (χ2n) is 7.00. The minimum Gasteiger partial charge on any atom is -0.497 e. The number of ether oxygens (including phenoxy) is 1. The van der Waals surface area contributed by atoms with Gasteiger partial charge in [-0.05, 0) is 67.9 Å². The maximum absolute atomic E-state index is 12.6.